The zero-order valence-corrected chi connectivity index (χ0v) is 10.1. The summed E-state index contributed by atoms with van der Waals surface area (Å²) in [7, 11) is 0. The highest BCUT2D eigenvalue weighted by atomic mass is 16.5. The van der Waals surface area contributed by atoms with Gasteiger partial charge in [0.2, 0.25) is 0 Å². The summed E-state index contributed by atoms with van der Waals surface area (Å²) >= 11 is 0. The van der Waals surface area contributed by atoms with E-state index in [1.165, 1.54) is 12.8 Å². The Morgan fingerprint density at radius 2 is 2.00 bits per heavy atom. The minimum absolute atomic E-state index is 0.0523. The van der Waals surface area contributed by atoms with E-state index in [0.717, 1.165) is 19.5 Å². The Bertz CT molecular complexity index is 208. The summed E-state index contributed by atoms with van der Waals surface area (Å²) in [5.74, 6) is 0.620. The van der Waals surface area contributed by atoms with Gasteiger partial charge in [-0.05, 0) is 59.0 Å². The number of esters is 1. The summed E-state index contributed by atoms with van der Waals surface area (Å²) in [5, 5.41) is 3.34. The molecular weight excluding hydrogens is 190 g/mol. The number of ether oxygens (including phenoxy) is 1. The molecule has 15 heavy (non-hydrogen) atoms. The highest BCUT2D eigenvalue weighted by molar-refractivity contribution is 5.75. The summed E-state index contributed by atoms with van der Waals surface area (Å²) in [4.78, 5) is 11.7. The van der Waals surface area contributed by atoms with Gasteiger partial charge in [0, 0.05) is 0 Å². The Morgan fingerprint density at radius 3 is 2.53 bits per heavy atom. The van der Waals surface area contributed by atoms with Crippen LogP contribution < -0.4 is 5.32 Å². The summed E-state index contributed by atoms with van der Waals surface area (Å²) in [6.45, 7) is 8.50. The maximum absolute atomic E-state index is 11.7. The third kappa shape index (κ3) is 3.82. The lowest BCUT2D eigenvalue weighted by molar-refractivity contribution is -0.154. The topological polar surface area (TPSA) is 38.3 Å². The lowest BCUT2D eigenvalue weighted by atomic mass is 9.79. The molecule has 3 heteroatoms. The number of piperidine rings is 1. The van der Waals surface area contributed by atoms with Gasteiger partial charge in [-0.2, -0.15) is 0 Å². The van der Waals surface area contributed by atoms with Crippen molar-refractivity contribution in [3.05, 3.63) is 0 Å². The first-order chi connectivity index (χ1) is 7.06. The Kier molecular flexibility index (Phi) is 4.58. The van der Waals surface area contributed by atoms with Crippen LogP contribution >= 0.6 is 0 Å². The molecule has 0 amide bonds. The second-order valence-electron chi connectivity index (χ2n) is 5.00. The van der Waals surface area contributed by atoms with Crippen molar-refractivity contribution in [1.29, 1.82) is 0 Å². The van der Waals surface area contributed by atoms with Crippen LogP contribution in [0.15, 0.2) is 0 Å². The van der Waals surface area contributed by atoms with Crippen molar-refractivity contribution in [3.8, 4) is 0 Å². The van der Waals surface area contributed by atoms with Gasteiger partial charge in [0.1, 0.15) is 0 Å². The van der Waals surface area contributed by atoms with Gasteiger partial charge in [0.15, 0.2) is 0 Å². The van der Waals surface area contributed by atoms with Gasteiger partial charge in [-0.3, -0.25) is 4.79 Å². The van der Waals surface area contributed by atoms with E-state index in [2.05, 4.69) is 5.32 Å². The standard InChI is InChI=1S/C12H23NO2/c1-4-15-11(14)12(2,3)9-10-5-7-13-8-6-10/h10,13H,4-9H2,1-3H3. The molecular formula is C12H23NO2. The number of hydrogen-bond donors (Lipinski definition) is 1. The van der Waals surface area contributed by atoms with Crippen LogP contribution in [0.1, 0.15) is 40.0 Å². The molecule has 0 aromatic heterocycles. The molecule has 0 radical (unpaired) electrons. The quantitative estimate of drug-likeness (QED) is 0.726. The van der Waals surface area contributed by atoms with Crippen LogP contribution in [0.5, 0.6) is 0 Å². The van der Waals surface area contributed by atoms with Crippen LogP contribution in [-0.2, 0) is 9.53 Å². The van der Waals surface area contributed by atoms with Crippen LogP contribution in [0, 0.1) is 11.3 Å². The normalized spacial score (nSPS) is 18.9. The minimum atomic E-state index is -0.321. The lowest BCUT2D eigenvalue weighted by Crippen LogP contribution is -2.34. The fourth-order valence-corrected chi connectivity index (χ4v) is 2.22. The number of carbonyl (C=O) groups excluding carboxylic acids is 1. The van der Waals surface area contributed by atoms with E-state index < -0.39 is 0 Å². The van der Waals surface area contributed by atoms with Crippen LogP contribution in [-0.4, -0.2) is 25.7 Å². The smallest absolute Gasteiger partial charge is 0.311 e. The molecule has 1 heterocycles. The van der Waals surface area contributed by atoms with Gasteiger partial charge in [0.05, 0.1) is 12.0 Å². The molecule has 1 fully saturated rings. The van der Waals surface area contributed by atoms with Gasteiger partial charge in [-0.25, -0.2) is 0 Å². The summed E-state index contributed by atoms with van der Waals surface area (Å²) < 4.78 is 5.09. The lowest BCUT2D eigenvalue weighted by Gasteiger charge is -2.30. The van der Waals surface area contributed by atoms with Crippen molar-refractivity contribution >= 4 is 5.97 Å². The summed E-state index contributed by atoms with van der Waals surface area (Å²) in [5.41, 5.74) is -0.321. The van der Waals surface area contributed by atoms with Crippen molar-refractivity contribution in [1.82, 2.24) is 5.32 Å². The average molecular weight is 213 g/mol. The molecule has 0 unspecified atom stereocenters. The zero-order chi connectivity index (χ0) is 11.3. The van der Waals surface area contributed by atoms with Crippen molar-refractivity contribution in [2.75, 3.05) is 19.7 Å². The number of hydrogen-bond acceptors (Lipinski definition) is 3. The molecule has 0 aromatic rings. The van der Waals surface area contributed by atoms with E-state index in [1.54, 1.807) is 0 Å². The molecule has 1 N–H and O–H groups in total. The van der Waals surface area contributed by atoms with Crippen molar-refractivity contribution in [3.63, 3.8) is 0 Å². The monoisotopic (exact) mass is 213 g/mol. The van der Waals surface area contributed by atoms with Crippen LogP contribution in [0.4, 0.5) is 0 Å². The Morgan fingerprint density at radius 1 is 1.40 bits per heavy atom. The van der Waals surface area contributed by atoms with Gasteiger partial charge in [-0.1, -0.05) is 0 Å². The largest absolute Gasteiger partial charge is 0.466 e. The fourth-order valence-electron chi connectivity index (χ4n) is 2.22. The molecule has 0 bridgehead atoms. The highest BCUT2D eigenvalue weighted by Crippen LogP contribution is 2.31. The van der Waals surface area contributed by atoms with Gasteiger partial charge in [-0.15, -0.1) is 0 Å². The van der Waals surface area contributed by atoms with E-state index in [1.807, 2.05) is 20.8 Å². The van der Waals surface area contributed by atoms with Crippen molar-refractivity contribution < 1.29 is 9.53 Å². The molecule has 0 aromatic carbocycles. The fraction of sp³-hybridized carbons (Fsp3) is 0.917. The third-order valence-electron chi connectivity index (χ3n) is 3.09. The maximum Gasteiger partial charge on any atom is 0.311 e. The van der Waals surface area contributed by atoms with E-state index in [-0.39, 0.29) is 11.4 Å². The minimum Gasteiger partial charge on any atom is -0.466 e. The molecule has 1 aliphatic rings. The number of carbonyl (C=O) groups is 1. The molecule has 0 saturated carbocycles. The first-order valence-corrected chi connectivity index (χ1v) is 5.94. The van der Waals surface area contributed by atoms with E-state index in [4.69, 9.17) is 4.74 Å². The van der Waals surface area contributed by atoms with Crippen LogP contribution in [0.3, 0.4) is 0 Å². The number of rotatable bonds is 4. The van der Waals surface area contributed by atoms with Gasteiger partial charge < -0.3 is 10.1 Å². The van der Waals surface area contributed by atoms with E-state index in [9.17, 15) is 4.79 Å². The van der Waals surface area contributed by atoms with E-state index >= 15 is 0 Å². The van der Waals surface area contributed by atoms with Crippen molar-refractivity contribution in [2.24, 2.45) is 11.3 Å². The maximum atomic E-state index is 11.7. The van der Waals surface area contributed by atoms with E-state index in [0.29, 0.717) is 12.5 Å². The first kappa shape index (κ1) is 12.5. The predicted octanol–water partition coefficient (Wildman–Crippen LogP) is 1.97. The molecule has 1 saturated heterocycles. The summed E-state index contributed by atoms with van der Waals surface area (Å²) in [6.07, 6.45) is 3.32. The number of nitrogens with one attached hydrogen (secondary N) is 1. The Balaban J connectivity index is 2.42. The van der Waals surface area contributed by atoms with Crippen LogP contribution in [0.25, 0.3) is 0 Å². The summed E-state index contributed by atoms with van der Waals surface area (Å²) in [6, 6.07) is 0. The molecule has 1 aliphatic heterocycles. The molecule has 0 atom stereocenters. The first-order valence-electron chi connectivity index (χ1n) is 5.94. The van der Waals surface area contributed by atoms with Gasteiger partial charge in [0.25, 0.3) is 0 Å². The molecule has 88 valence electrons. The van der Waals surface area contributed by atoms with Crippen LogP contribution in [0.2, 0.25) is 0 Å². The predicted molar refractivity (Wildman–Crippen MR) is 60.6 cm³/mol. The molecule has 1 rings (SSSR count). The Labute approximate surface area is 92.6 Å². The average Bonchev–Trinajstić information content (AvgIpc) is 2.19. The third-order valence-corrected chi connectivity index (χ3v) is 3.09. The Hall–Kier alpha value is -0.570. The second-order valence-corrected chi connectivity index (χ2v) is 5.00. The highest BCUT2D eigenvalue weighted by Gasteiger charge is 2.32. The molecule has 0 spiro atoms. The SMILES string of the molecule is CCOC(=O)C(C)(C)CC1CCNCC1. The second kappa shape index (κ2) is 5.50. The van der Waals surface area contributed by atoms with Crippen molar-refractivity contribution in [2.45, 2.75) is 40.0 Å². The van der Waals surface area contributed by atoms with Gasteiger partial charge >= 0.3 is 5.97 Å². The molecule has 0 aliphatic carbocycles. The zero-order valence-electron chi connectivity index (χ0n) is 10.1. The molecule has 3 nitrogen and oxygen atoms in total.